The topological polar surface area (TPSA) is 58.6 Å². The van der Waals surface area contributed by atoms with Crippen molar-refractivity contribution in [3.63, 3.8) is 0 Å². The van der Waals surface area contributed by atoms with Crippen LogP contribution in [0.4, 0.5) is 0 Å². The molecule has 3 rings (SSSR count). The SMILES string of the molecule is CC(CO)(NC(=O)/C=C/c1ccc2c(c1)CCO2)C1CC1. The molecule has 0 bridgehead atoms. The van der Waals surface area contributed by atoms with Gasteiger partial charge in [0.1, 0.15) is 5.75 Å². The number of hydrogen-bond acceptors (Lipinski definition) is 3. The van der Waals surface area contributed by atoms with E-state index in [0.29, 0.717) is 5.92 Å². The molecule has 1 aliphatic heterocycles. The van der Waals surface area contributed by atoms with Gasteiger partial charge in [-0.1, -0.05) is 6.07 Å². The smallest absolute Gasteiger partial charge is 0.244 e. The van der Waals surface area contributed by atoms with Gasteiger partial charge in [0.2, 0.25) is 5.91 Å². The van der Waals surface area contributed by atoms with Crippen molar-refractivity contribution in [1.29, 1.82) is 0 Å². The molecule has 0 aromatic heterocycles. The maximum Gasteiger partial charge on any atom is 0.244 e. The van der Waals surface area contributed by atoms with Crippen LogP contribution in [0.5, 0.6) is 5.75 Å². The average Bonchev–Trinajstić information content (AvgIpc) is 3.24. The van der Waals surface area contributed by atoms with Gasteiger partial charge in [0.15, 0.2) is 0 Å². The zero-order valence-electron chi connectivity index (χ0n) is 12.3. The third-order valence-corrected chi connectivity index (χ3v) is 4.36. The second-order valence-electron chi connectivity index (χ2n) is 6.14. The molecule has 1 saturated carbocycles. The number of rotatable bonds is 5. The van der Waals surface area contributed by atoms with Crippen molar-refractivity contribution in [2.75, 3.05) is 13.2 Å². The molecule has 21 heavy (non-hydrogen) atoms. The molecule has 1 amide bonds. The number of aliphatic hydroxyl groups excluding tert-OH is 1. The summed E-state index contributed by atoms with van der Waals surface area (Å²) in [7, 11) is 0. The van der Waals surface area contributed by atoms with Crippen LogP contribution in [0.1, 0.15) is 30.9 Å². The predicted molar refractivity (Wildman–Crippen MR) is 81.0 cm³/mol. The Morgan fingerprint density at radius 1 is 1.52 bits per heavy atom. The Bertz CT molecular complexity index is 577. The summed E-state index contributed by atoms with van der Waals surface area (Å²) in [6.45, 7) is 2.62. The minimum atomic E-state index is -0.493. The predicted octanol–water partition coefficient (Wildman–Crippen LogP) is 1.91. The van der Waals surface area contributed by atoms with Crippen LogP contribution in [0.2, 0.25) is 0 Å². The largest absolute Gasteiger partial charge is 0.493 e. The van der Waals surface area contributed by atoms with Crippen LogP contribution in [0.25, 0.3) is 6.08 Å². The molecule has 0 radical (unpaired) electrons. The Hall–Kier alpha value is -1.81. The zero-order chi connectivity index (χ0) is 14.9. The van der Waals surface area contributed by atoms with Crippen LogP contribution in [0.15, 0.2) is 24.3 Å². The Labute approximate surface area is 124 Å². The number of hydrogen-bond donors (Lipinski definition) is 2. The first-order chi connectivity index (χ1) is 10.1. The monoisotopic (exact) mass is 287 g/mol. The number of carbonyl (C=O) groups excluding carboxylic acids is 1. The van der Waals surface area contributed by atoms with E-state index in [9.17, 15) is 9.90 Å². The minimum absolute atomic E-state index is 0.0204. The molecular formula is C17H21NO3. The van der Waals surface area contributed by atoms with Gasteiger partial charge in [-0.15, -0.1) is 0 Å². The highest BCUT2D eigenvalue weighted by Crippen LogP contribution is 2.39. The molecule has 1 unspecified atom stereocenters. The molecule has 1 heterocycles. The molecule has 2 aliphatic rings. The lowest BCUT2D eigenvalue weighted by Crippen LogP contribution is -2.50. The number of benzene rings is 1. The van der Waals surface area contributed by atoms with Crippen molar-refractivity contribution in [1.82, 2.24) is 5.32 Å². The summed E-state index contributed by atoms with van der Waals surface area (Å²) in [4.78, 5) is 12.0. The Kier molecular flexibility index (Phi) is 3.72. The maximum absolute atomic E-state index is 12.0. The second-order valence-corrected chi connectivity index (χ2v) is 6.14. The molecule has 1 aliphatic carbocycles. The maximum atomic E-state index is 12.0. The molecule has 4 heteroatoms. The quantitative estimate of drug-likeness (QED) is 0.813. The summed E-state index contributed by atoms with van der Waals surface area (Å²) in [5.74, 6) is 1.19. The fourth-order valence-electron chi connectivity index (χ4n) is 2.80. The third kappa shape index (κ3) is 3.10. The first-order valence-corrected chi connectivity index (χ1v) is 7.47. The van der Waals surface area contributed by atoms with Crippen molar-refractivity contribution < 1.29 is 14.6 Å². The van der Waals surface area contributed by atoms with Crippen LogP contribution >= 0.6 is 0 Å². The fourth-order valence-corrected chi connectivity index (χ4v) is 2.80. The normalized spacial score (nSPS) is 19.9. The molecule has 1 fully saturated rings. The number of ether oxygens (including phenoxy) is 1. The first kappa shape index (κ1) is 14.1. The Balaban J connectivity index is 1.64. The summed E-state index contributed by atoms with van der Waals surface area (Å²) in [6.07, 6.45) is 6.41. The third-order valence-electron chi connectivity index (χ3n) is 4.36. The zero-order valence-corrected chi connectivity index (χ0v) is 12.3. The lowest BCUT2D eigenvalue weighted by atomic mass is 9.97. The number of amides is 1. The first-order valence-electron chi connectivity index (χ1n) is 7.47. The van der Waals surface area contributed by atoms with Gasteiger partial charge in [0.25, 0.3) is 0 Å². The summed E-state index contributed by atoms with van der Waals surface area (Å²) in [5, 5.41) is 12.4. The minimum Gasteiger partial charge on any atom is -0.493 e. The standard InChI is InChI=1S/C17H21NO3/c1-17(11-19,14-4-5-14)18-16(20)7-3-12-2-6-15-13(10-12)8-9-21-15/h2-3,6-7,10,14,19H,4-5,8-9,11H2,1H3,(H,18,20)/b7-3+. The van der Waals surface area contributed by atoms with Crippen LogP contribution in [-0.2, 0) is 11.2 Å². The van der Waals surface area contributed by atoms with Crippen molar-refractivity contribution in [2.24, 2.45) is 5.92 Å². The molecule has 0 spiro atoms. The van der Waals surface area contributed by atoms with E-state index < -0.39 is 5.54 Å². The van der Waals surface area contributed by atoms with E-state index in [-0.39, 0.29) is 12.5 Å². The van der Waals surface area contributed by atoms with E-state index in [1.54, 1.807) is 6.08 Å². The fraction of sp³-hybridized carbons (Fsp3) is 0.471. The van der Waals surface area contributed by atoms with Gasteiger partial charge in [-0.25, -0.2) is 0 Å². The van der Waals surface area contributed by atoms with Crippen LogP contribution in [-0.4, -0.2) is 29.8 Å². The number of aliphatic hydroxyl groups is 1. The summed E-state index contributed by atoms with van der Waals surface area (Å²) in [5.41, 5.74) is 1.69. The van der Waals surface area contributed by atoms with Gasteiger partial charge >= 0.3 is 0 Å². The Morgan fingerprint density at radius 3 is 3.05 bits per heavy atom. The van der Waals surface area contributed by atoms with E-state index in [2.05, 4.69) is 11.4 Å². The molecule has 2 N–H and O–H groups in total. The van der Waals surface area contributed by atoms with Crippen LogP contribution in [0.3, 0.4) is 0 Å². The van der Waals surface area contributed by atoms with Crippen LogP contribution in [0, 0.1) is 5.92 Å². The van der Waals surface area contributed by atoms with Crippen LogP contribution < -0.4 is 10.1 Å². The van der Waals surface area contributed by atoms with Crippen molar-refractivity contribution in [2.45, 2.75) is 31.7 Å². The van der Waals surface area contributed by atoms with E-state index in [4.69, 9.17) is 4.74 Å². The molecular weight excluding hydrogens is 266 g/mol. The van der Waals surface area contributed by atoms with E-state index in [1.807, 2.05) is 19.1 Å². The molecule has 1 atom stereocenters. The molecule has 1 aromatic carbocycles. The highest BCUT2D eigenvalue weighted by molar-refractivity contribution is 5.92. The highest BCUT2D eigenvalue weighted by Gasteiger charge is 2.41. The van der Waals surface area contributed by atoms with Gasteiger partial charge in [0, 0.05) is 12.5 Å². The molecule has 0 saturated heterocycles. The average molecular weight is 287 g/mol. The Morgan fingerprint density at radius 2 is 2.33 bits per heavy atom. The van der Waals surface area contributed by atoms with E-state index in [0.717, 1.165) is 37.2 Å². The van der Waals surface area contributed by atoms with Gasteiger partial charge < -0.3 is 15.2 Å². The van der Waals surface area contributed by atoms with Crippen molar-refractivity contribution in [3.8, 4) is 5.75 Å². The summed E-state index contributed by atoms with van der Waals surface area (Å²) in [6, 6.07) is 5.94. The lowest BCUT2D eigenvalue weighted by molar-refractivity contribution is -0.119. The van der Waals surface area contributed by atoms with Gasteiger partial charge in [-0.3, -0.25) is 4.79 Å². The molecule has 112 valence electrons. The number of fused-ring (bicyclic) bond motifs is 1. The molecule has 1 aromatic rings. The van der Waals surface area contributed by atoms with Gasteiger partial charge in [-0.2, -0.15) is 0 Å². The number of carbonyl (C=O) groups is 1. The van der Waals surface area contributed by atoms with Crippen molar-refractivity contribution in [3.05, 3.63) is 35.4 Å². The highest BCUT2D eigenvalue weighted by atomic mass is 16.5. The summed E-state index contributed by atoms with van der Waals surface area (Å²) < 4.78 is 5.46. The van der Waals surface area contributed by atoms with Gasteiger partial charge in [0.05, 0.1) is 18.8 Å². The van der Waals surface area contributed by atoms with Gasteiger partial charge in [-0.05, 0) is 55.0 Å². The summed E-state index contributed by atoms with van der Waals surface area (Å²) >= 11 is 0. The molecule has 4 nitrogen and oxygen atoms in total. The lowest BCUT2D eigenvalue weighted by Gasteiger charge is -2.28. The van der Waals surface area contributed by atoms with E-state index in [1.165, 1.54) is 11.6 Å². The number of nitrogens with one attached hydrogen (secondary N) is 1. The van der Waals surface area contributed by atoms with E-state index >= 15 is 0 Å². The second kappa shape index (κ2) is 5.53. The van der Waals surface area contributed by atoms with Crippen molar-refractivity contribution >= 4 is 12.0 Å².